The van der Waals surface area contributed by atoms with Crippen LogP contribution in [0.1, 0.15) is 188 Å². The molecule has 16 heteroatoms. The molecule has 79 heavy (non-hydrogen) atoms. The second-order valence-electron chi connectivity index (χ2n) is 18.9. The molecule has 426 valence electrons. The quantitative estimate of drug-likeness (QED) is 0.0354. The van der Waals surface area contributed by atoms with Gasteiger partial charge in [0.2, 0.25) is 0 Å². The number of hydrogen-bond donors (Lipinski definition) is 7. The Morgan fingerprint density at radius 1 is 0.608 bits per heavy atom. The van der Waals surface area contributed by atoms with Crippen LogP contribution in [0.2, 0.25) is 0 Å². The summed E-state index contributed by atoms with van der Waals surface area (Å²) in [6, 6.07) is 35.3. The first-order valence-electron chi connectivity index (χ1n) is 26.6. The number of carbonyl (C=O) groups excluding carboxylic acids is 1. The maximum absolute atomic E-state index is 10.4. The zero-order chi connectivity index (χ0) is 57.4. The number of halogens is 2. The van der Waals surface area contributed by atoms with Gasteiger partial charge in [-0.25, -0.2) is 0 Å². The van der Waals surface area contributed by atoms with Crippen LogP contribution in [0.4, 0.5) is 0 Å². The number of nitriles is 3. The molecule has 3 aliphatic carbocycles. The minimum absolute atomic E-state index is 0. The van der Waals surface area contributed by atoms with Crippen molar-refractivity contribution in [2.75, 3.05) is 19.8 Å². The van der Waals surface area contributed by atoms with Gasteiger partial charge in [-0.3, -0.25) is 4.79 Å². The molecule has 0 amide bonds. The van der Waals surface area contributed by atoms with Crippen molar-refractivity contribution in [3.8, 4) is 18.2 Å². The standard InChI is InChI=1S/C17H21NO2.C16H23NO2.C9H8BrNO.C8H14O.C7H5BrO.C4H10O.C2H3N.Al.Li.4H/c18-12-8-16(19)15-6-4-5-14(13-15)7-11-17(20)9-2-1-3-10-17;17-12-15(18)14-6-4-5-13(11-14)7-10-16(19)8-2-1-3-9-16;10-8-3-1-2-7(6-8)9(12)4-5-11;1-2-8(9)6-4-3-5-7-8;8-7-3-1-2-6(4-7)5-9;1-3-5-4-2;1-2-3;;;;;;/h4-7,11,13,16,19-20H,1-3,8-10H2;4-7,10-11,15,18-19H,1-3,8-9,12,17H2;1-3,6,9,12H,4H2;2,9H,1,3-7H2;1-5H;3-4H2,1-2H3;1H3;;;;;;/q;;;;;;;;+1;;;;-1/b11-7+;10-7+;;;;;;;;;;;. The summed E-state index contributed by atoms with van der Waals surface area (Å²) in [5, 5.41) is 83.6. The molecule has 3 saturated carbocycles. The molecule has 0 aromatic heterocycles. The van der Waals surface area contributed by atoms with E-state index in [0.717, 1.165) is 133 Å². The van der Waals surface area contributed by atoms with Gasteiger partial charge in [0.25, 0.3) is 0 Å². The Morgan fingerprint density at radius 2 is 0.949 bits per heavy atom. The number of aliphatic hydroxyl groups excluding tert-OH is 3. The van der Waals surface area contributed by atoms with Crippen molar-refractivity contribution < 1.29 is 60.5 Å². The van der Waals surface area contributed by atoms with Crippen molar-refractivity contribution in [1.29, 1.82) is 15.8 Å². The van der Waals surface area contributed by atoms with Gasteiger partial charge in [0, 0.05) is 41.2 Å². The number of rotatable bonds is 14. The van der Waals surface area contributed by atoms with Crippen LogP contribution in [-0.4, -0.2) is 90.8 Å². The molecular weight excluding hydrogens is 1130 g/mol. The minimum Gasteiger partial charge on any atom is -1.00 e. The molecule has 0 radical (unpaired) electrons. The van der Waals surface area contributed by atoms with Crippen LogP contribution in [0, 0.1) is 34.0 Å². The van der Waals surface area contributed by atoms with Crippen molar-refractivity contribution in [3.63, 3.8) is 0 Å². The number of carbonyl (C=O) groups is 1. The van der Waals surface area contributed by atoms with Crippen LogP contribution in [0.25, 0.3) is 12.2 Å². The number of benzene rings is 4. The largest absolute Gasteiger partial charge is 1.00 e. The number of ether oxygens (including phenoxy) is 1. The normalized spacial score (nSPS) is 16.3. The van der Waals surface area contributed by atoms with E-state index in [0.29, 0.717) is 5.56 Å². The zero-order valence-electron chi connectivity index (χ0n) is 47.5. The summed E-state index contributed by atoms with van der Waals surface area (Å²) in [5.41, 5.74) is 8.57. The van der Waals surface area contributed by atoms with E-state index in [1.165, 1.54) is 26.2 Å². The van der Waals surface area contributed by atoms with E-state index in [-0.39, 0.29) is 57.0 Å². The Kier molecular flexibility index (Phi) is 44.5. The predicted molar refractivity (Wildman–Crippen MR) is 328 cm³/mol. The van der Waals surface area contributed by atoms with Crippen LogP contribution in [0.5, 0.6) is 0 Å². The van der Waals surface area contributed by atoms with Gasteiger partial charge >= 0.3 is 18.9 Å². The van der Waals surface area contributed by atoms with Gasteiger partial charge in [0.05, 0.1) is 66.2 Å². The van der Waals surface area contributed by atoms with Gasteiger partial charge in [0.1, 0.15) is 6.29 Å². The number of hydrogen-bond acceptors (Lipinski definition) is 12. The van der Waals surface area contributed by atoms with E-state index < -0.39 is 35.1 Å². The number of aldehydes is 1. The number of nitrogens with two attached hydrogens (primary N) is 1. The summed E-state index contributed by atoms with van der Waals surface area (Å²) in [5.74, 6) is 0. The molecule has 0 spiro atoms. The van der Waals surface area contributed by atoms with Gasteiger partial charge in [-0.1, -0.05) is 181 Å². The molecule has 3 atom stereocenters. The fraction of sp³-hybridized carbons (Fsp3) is 0.460. The van der Waals surface area contributed by atoms with Crippen LogP contribution < -0.4 is 24.6 Å². The Morgan fingerprint density at radius 3 is 1.25 bits per heavy atom. The third-order valence-electron chi connectivity index (χ3n) is 12.7. The number of aliphatic hydroxyl groups is 6. The fourth-order valence-corrected chi connectivity index (χ4v) is 9.15. The van der Waals surface area contributed by atoms with E-state index in [1.807, 2.05) is 129 Å². The Labute approximate surface area is 513 Å². The average molecular weight is 1220 g/mol. The summed E-state index contributed by atoms with van der Waals surface area (Å²) < 4.78 is 6.68. The van der Waals surface area contributed by atoms with Gasteiger partial charge in [-0.05, 0) is 117 Å². The Bertz CT molecular complexity index is 2470. The second-order valence-corrected chi connectivity index (χ2v) is 20.8. The van der Waals surface area contributed by atoms with Crippen LogP contribution in [0.3, 0.4) is 0 Å². The SMILES string of the molecule is C=CC1(O)CCCCC1.CC#N.CCOCC.N#CCC(O)c1cccc(/C=C/C2(O)CCCCC2)c1.N#CCC(O)c1cccc(Br)c1.NCC(O)c1cccc(/C=C/C2(O)CCCCC2)c1.O=Cc1cccc(Br)c1.[AlH3].[H-].[Li+]. The predicted octanol–water partition coefficient (Wildman–Crippen LogP) is 9.76. The Balaban J connectivity index is -0.000000914. The molecule has 0 heterocycles. The summed E-state index contributed by atoms with van der Waals surface area (Å²) in [6.07, 6.45) is 23.8. The van der Waals surface area contributed by atoms with E-state index in [4.69, 9.17) is 26.3 Å². The molecule has 7 rings (SSSR count). The molecule has 8 N–H and O–H groups in total. The molecule has 0 aliphatic heterocycles. The van der Waals surface area contributed by atoms with E-state index in [2.05, 4.69) is 38.4 Å². The molecule has 3 unspecified atom stereocenters. The smallest absolute Gasteiger partial charge is 1.00 e. The van der Waals surface area contributed by atoms with Crippen LogP contribution in [0.15, 0.2) is 131 Å². The van der Waals surface area contributed by atoms with E-state index in [1.54, 1.807) is 30.3 Å². The molecule has 3 fully saturated rings. The van der Waals surface area contributed by atoms with E-state index >= 15 is 0 Å². The van der Waals surface area contributed by atoms with Crippen LogP contribution >= 0.6 is 31.9 Å². The second kappa shape index (κ2) is 45.6. The molecule has 3 aliphatic rings. The molecule has 4 aromatic carbocycles. The van der Waals surface area contributed by atoms with Crippen molar-refractivity contribution >= 4 is 67.7 Å². The average Bonchev–Trinajstić information content (AvgIpc) is 3.44. The Hall–Kier alpha value is -3.99. The van der Waals surface area contributed by atoms with Crippen molar-refractivity contribution in [2.45, 2.75) is 165 Å². The van der Waals surface area contributed by atoms with Gasteiger partial charge in [0.15, 0.2) is 17.4 Å². The van der Waals surface area contributed by atoms with Crippen LogP contribution in [-0.2, 0) is 4.74 Å². The van der Waals surface area contributed by atoms with Crippen molar-refractivity contribution in [2.24, 2.45) is 5.73 Å². The first-order valence-corrected chi connectivity index (χ1v) is 28.2. The van der Waals surface area contributed by atoms with Gasteiger partial charge in [-0.15, -0.1) is 6.58 Å². The maximum atomic E-state index is 10.4. The first-order chi connectivity index (χ1) is 36.9. The molecular formula is C63H88AlBr2LiN4O8. The third kappa shape index (κ3) is 34.8. The molecule has 0 bridgehead atoms. The zero-order valence-corrected chi connectivity index (χ0v) is 49.6. The summed E-state index contributed by atoms with van der Waals surface area (Å²) >= 11 is 6.53. The van der Waals surface area contributed by atoms with Gasteiger partial charge in [-0.2, -0.15) is 15.8 Å². The van der Waals surface area contributed by atoms with E-state index in [9.17, 15) is 35.4 Å². The summed E-state index contributed by atoms with van der Waals surface area (Å²) in [4.78, 5) is 10.1. The number of nitrogens with zero attached hydrogens (tertiary/aromatic N) is 3. The molecule has 12 nitrogen and oxygen atoms in total. The fourth-order valence-electron chi connectivity index (χ4n) is 8.31. The minimum atomic E-state index is -0.744. The molecule has 4 aromatic rings. The van der Waals surface area contributed by atoms with Crippen molar-refractivity contribution in [3.05, 3.63) is 164 Å². The maximum Gasteiger partial charge on any atom is 1.00 e. The summed E-state index contributed by atoms with van der Waals surface area (Å²) in [6.45, 7) is 10.9. The first kappa shape index (κ1) is 77.1. The van der Waals surface area contributed by atoms with Crippen molar-refractivity contribution in [1.82, 2.24) is 0 Å². The third-order valence-corrected chi connectivity index (χ3v) is 13.7. The molecule has 0 saturated heterocycles. The van der Waals surface area contributed by atoms with Gasteiger partial charge < -0.3 is 42.5 Å². The monoisotopic (exact) mass is 1220 g/mol. The summed E-state index contributed by atoms with van der Waals surface area (Å²) in [7, 11) is 0. The topological polar surface area (TPSA) is 245 Å².